The Kier molecular flexibility index (Phi) is 3.53. The Morgan fingerprint density at radius 3 is 3.18 bits per heavy atom. The monoisotopic (exact) mass is 254 g/mol. The van der Waals surface area contributed by atoms with Crippen molar-refractivity contribution >= 4 is 32.7 Å². The van der Waals surface area contributed by atoms with Crippen LogP contribution in [0.4, 0.5) is 9.52 Å². The molecular formula is C11H11FN2O2S. The topological polar surface area (TPSA) is 51.2 Å². The molecule has 4 nitrogen and oxygen atoms in total. The van der Waals surface area contributed by atoms with Gasteiger partial charge < -0.3 is 10.1 Å². The largest absolute Gasteiger partial charge is 0.465 e. The van der Waals surface area contributed by atoms with Gasteiger partial charge in [-0.2, -0.15) is 0 Å². The van der Waals surface area contributed by atoms with Crippen LogP contribution in [0.1, 0.15) is 6.92 Å². The van der Waals surface area contributed by atoms with E-state index in [2.05, 4.69) is 10.3 Å². The highest BCUT2D eigenvalue weighted by Crippen LogP contribution is 2.26. The summed E-state index contributed by atoms with van der Waals surface area (Å²) in [6.45, 7) is 2.17. The lowest BCUT2D eigenvalue weighted by Crippen LogP contribution is -2.16. The number of carbonyl (C=O) groups is 1. The quantitative estimate of drug-likeness (QED) is 0.851. The van der Waals surface area contributed by atoms with Crippen LogP contribution < -0.4 is 5.32 Å². The van der Waals surface area contributed by atoms with Gasteiger partial charge in [0.2, 0.25) is 0 Å². The van der Waals surface area contributed by atoms with Gasteiger partial charge in [-0.1, -0.05) is 11.3 Å². The Hall–Kier alpha value is -1.69. The van der Waals surface area contributed by atoms with Gasteiger partial charge in [-0.05, 0) is 19.1 Å². The van der Waals surface area contributed by atoms with Crippen LogP contribution in [0, 0.1) is 5.82 Å². The number of aromatic nitrogens is 1. The first kappa shape index (κ1) is 11.8. The van der Waals surface area contributed by atoms with E-state index >= 15 is 0 Å². The predicted octanol–water partition coefficient (Wildman–Crippen LogP) is 2.41. The van der Waals surface area contributed by atoms with Crippen molar-refractivity contribution in [1.29, 1.82) is 0 Å². The third-order valence-electron chi connectivity index (χ3n) is 2.04. The summed E-state index contributed by atoms with van der Waals surface area (Å²) in [6.07, 6.45) is 0. The molecule has 0 fully saturated rings. The standard InChI is InChI=1S/C11H11FN2O2S/c1-2-16-10(15)6-13-11-14-8-5-7(12)3-4-9(8)17-11/h3-5H,2,6H2,1H3,(H,13,14). The zero-order valence-corrected chi connectivity index (χ0v) is 10.0. The molecule has 17 heavy (non-hydrogen) atoms. The first-order chi connectivity index (χ1) is 8.19. The fourth-order valence-electron chi connectivity index (χ4n) is 1.34. The molecule has 0 saturated heterocycles. The molecule has 0 aliphatic carbocycles. The lowest BCUT2D eigenvalue weighted by Gasteiger charge is -2.01. The van der Waals surface area contributed by atoms with Crippen LogP contribution in [-0.2, 0) is 9.53 Å². The second-order valence-electron chi connectivity index (χ2n) is 3.29. The van der Waals surface area contributed by atoms with Crippen LogP contribution in [0.5, 0.6) is 0 Å². The maximum atomic E-state index is 12.9. The van der Waals surface area contributed by atoms with E-state index in [0.717, 1.165) is 4.70 Å². The molecule has 1 aromatic heterocycles. The van der Waals surface area contributed by atoms with Crippen LogP contribution in [-0.4, -0.2) is 24.1 Å². The molecule has 1 N–H and O–H groups in total. The summed E-state index contributed by atoms with van der Waals surface area (Å²) in [4.78, 5) is 15.3. The molecule has 1 heterocycles. The van der Waals surface area contributed by atoms with Gasteiger partial charge in [-0.15, -0.1) is 0 Å². The number of nitrogens with one attached hydrogen (secondary N) is 1. The van der Waals surface area contributed by atoms with Gasteiger partial charge in [0, 0.05) is 6.07 Å². The van der Waals surface area contributed by atoms with Crippen molar-refractivity contribution in [3.8, 4) is 0 Å². The maximum Gasteiger partial charge on any atom is 0.325 e. The number of rotatable bonds is 4. The number of benzene rings is 1. The number of esters is 1. The van der Waals surface area contributed by atoms with E-state index in [-0.39, 0.29) is 18.3 Å². The minimum absolute atomic E-state index is 0.0656. The van der Waals surface area contributed by atoms with Crippen LogP contribution >= 0.6 is 11.3 Å². The van der Waals surface area contributed by atoms with Gasteiger partial charge in [0.1, 0.15) is 12.4 Å². The van der Waals surface area contributed by atoms with Crippen LogP contribution in [0.15, 0.2) is 18.2 Å². The van der Waals surface area contributed by atoms with Gasteiger partial charge in [-0.3, -0.25) is 4.79 Å². The highest BCUT2D eigenvalue weighted by Gasteiger charge is 2.06. The molecule has 0 aliphatic rings. The molecule has 0 spiro atoms. The second kappa shape index (κ2) is 5.09. The summed E-state index contributed by atoms with van der Waals surface area (Å²) in [7, 11) is 0. The Morgan fingerprint density at radius 1 is 1.59 bits per heavy atom. The maximum absolute atomic E-state index is 12.9. The number of thiazole rings is 1. The number of ether oxygens (including phenoxy) is 1. The molecule has 1 aromatic carbocycles. The summed E-state index contributed by atoms with van der Waals surface area (Å²) in [5.74, 6) is -0.655. The normalized spacial score (nSPS) is 10.5. The average Bonchev–Trinajstić information content (AvgIpc) is 2.68. The molecule has 6 heteroatoms. The SMILES string of the molecule is CCOC(=O)CNc1nc2cc(F)ccc2s1. The van der Waals surface area contributed by atoms with Gasteiger partial charge in [0.25, 0.3) is 0 Å². The fraction of sp³-hybridized carbons (Fsp3) is 0.273. The lowest BCUT2D eigenvalue weighted by molar-refractivity contribution is -0.140. The number of anilines is 1. The third-order valence-corrected chi connectivity index (χ3v) is 3.03. The minimum atomic E-state index is -0.335. The van der Waals surface area contributed by atoms with Gasteiger partial charge >= 0.3 is 5.97 Å². The second-order valence-corrected chi connectivity index (χ2v) is 4.32. The van der Waals surface area contributed by atoms with Crippen molar-refractivity contribution in [2.45, 2.75) is 6.92 Å². The molecule has 90 valence electrons. The van der Waals surface area contributed by atoms with Crippen molar-refractivity contribution in [2.24, 2.45) is 0 Å². The van der Waals surface area contributed by atoms with E-state index < -0.39 is 0 Å². The van der Waals surface area contributed by atoms with Crippen LogP contribution in [0.2, 0.25) is 0 Å². The third kappa shape index (κ3) is 2.91. The van der Waals surface area contributed by atoms with E-state index in [1.807, 2.05) is 0 Å². The van der Waals surface area contributed by atoms with Crippen molar-refractivity contribution in [3.05, 3.63) is 24.0 Å². The molecule has 2 aromatic rings. The summed E-state index contributed by atoms with van der Waals surface area (Å²) in [5.41, 5.74) is 0.585. The predicted molar refractivity (Wildman–Crippen MR) is 64.7 cm³/mol. The average molecular weight is 254 g/mol. The smallest absolute Gasteiger partial charge is 0.325 e. The fourth-order valence-corrected chi connectivity index (χ4v) is 2.18. The zero-order chi connectivity index (χ0) is 12.3. The first-order valence-corrected chi connectivity index (χ1v) is 5.96. The zero-order valence-electron chi connectivity index (χ0n) is 9.20. The molecule has 0 saturated carbocycles. The van der Waals surface area contributed by atoms with Crippen LogP contribution in [0.3, 0.4) is 0 Å². The number of hydrogen-bond donors (Lipinski definition) is 1. The van der Waals surface area contributed by atoms with E-state index in [1.54, 1.807) is 13.0 Å². The van der Waals surface area contributed by atoms with Crippen molar-refractivity contribution in [2.75, 3.05) is 18.5 Å². The van der Waals surface area contributed by atoms with Crippen molar-refractivity contribution in [3.63, 3.8) is 0 Å². The molecule has 0 radical (unpaired) electrons. The molecule has 0 atom stereocenters. The van der Waals surface area contributed by atoms with E-state index in [0.29, 0.717) is 17.3 Å². The van der Waals surface area contributed by atoms with Gasteiger partial charge in [0.15, 0.2) is 5.13 Å². The summed E-state index contributed by atoms with van der Waals surface area (Å²) in [6, 6.07) is 4.41. The molecule has 2 rings (SSSR count). The Bertz CT molecular complexity index is 541. The molecule has 0 bridgehead atoms. The highest BCUT2D eigenvalue weighted by molar-refractivity contribution is 7.22. The summed E-state index contributed by atoms with van der Waals surface area (Å²) >= 11 is 1.37. The molecule has 0 amide bonds. The number of fused-ring (bicyclic) bond motifs is 1. The number of hydrogen-bond acceptors (Lipinski definition) is 5. The Morgan fingerprint density at radius 2 is 2.41 bits per heavy atom. The first-order valence-electron chi connectivity index (χ1n) is 5.14. The van der Waals surface area contributed by atoms with E-state index in [1.165, 1.54) is 23.5 Å². The van der Waals surface area contributed by atoms with Gasteiger partial charge in [0.05, 0.1) is 16.8 Å². The van der Waals surface area contributed by atoms with Crippen molar-refractivity contribution < 1.29 is 13.9 Å². The molecular weight excluding hydrogens is 243 g/mol. The van der Waals surface area contributed by atoms with E-state index in [9.17, 15) is 9.18 Å². The van der Waals surface area contributed by atoms with Crippen LogP contribution in [0.25, 0.3) is 10.2 Å². The lowest BCUT2D eigenvalue weighted by atomic mass is 10.3. The number of halogens is 1. The molecule has 0 aliphatic heterocycles. The molecule has 0 unspecified atom stereocenters. The Labute approximate surface area is 101 Å². The summed E-state index contributed by atoms with van der Waals surface area (Å²) in [5, 5.41) is 3.43. The number of carbonyl (C=O) groups excluding carboxylic acids is 1. The number of nitrogens with zero attached hydrogens (tertiary/aromatic N) is 1. The Balaban J connectivity index is 2.07. The van der Waals surface area contributed by atoms with E-state index in [4.69, 9.17) is 4.74 Å². The van der Waals surface area contributed by atoms with Crippen molar-refractivity contribution in [1.82, 2.24) is 4.98 Å². The van der Waals surface area contributed by atoms with Gasteiger partial charge in [-0.25, -0.2) is 9.37 Å². The summed E-state index contributed by atoms with van der Waals surface area (Å²) < 4.78 is 18.6. The highest BCUT2D eigenvalue weighted by atomic mass is 32.1. The minimum Gasteiger partial charge on any atom is -0.465 e.